The lowest BCUT2D eigenvalue weighted by molar-refractivity contribution is 0.395. The highest BCUT2D eigenvalue weighted by Crippen LogP contribution is 2.39. The zero-order chi connectivity index (χ0) is 19.5. The number of aryl methyl sites for hydroxylation is 1. The van der Waals surface area contributed by atoms with E-state index in [1.807, 2.05) is 18.2 Å². The van der Waals surface area contributed by atoms with Crippen LogP contribution in [0.2, 0.25) is 0 Å². The van der Waals surface area contributed by atoms with E-state index in [9.17, 15) is 0 Å². The summed E-state index contributed by atoms with van der Waals surface area (Å²) in [6, 6.07) is 14.3. The molecule has 0 aliphatic rings. The minimum absolute atomic E-state index is 0.690. The average molecular weight is 391 g/mol. The van der Waals surface area contributed by atoms with Crippen LogP contribution in [0.15, 0.2) is 54.2 Å². The molecule has 0 atom stereocenters. The highest BCUT2D eigenvalue weighted by Gasteiger charge is 2.15. The number of anilines is 2. The Labute approximate surface area is 168 Å². The molecule has 0 spiro atoms. The average Bonchev–Trinajstić information content (AvgIpc) is 3.19. The van der Waals surface area contributed by atoms with Crippen LogP contribution >= 0.6 is 11.3 Å². The largest absolute Gasteiger partial charge is 0.497 e. The maximum absolute atomic E-state index is 5.51. The molecule has 0 saturated carbocycles. The Kier molecular flexibility index (Phi) is 5.12. The molecule has 0 amide bonds. The van der Waals surface area contributed by atoms with Gasteiger partial charge in [0.25, 0.3) is 0 Å². The number of methoxy groups -OCH3 is 2. The predicted octanol–water partition coefficient (Wildman–Crippen LogP) is 5.68. The van der Waals surface area contributed by atoms with Crippen molar-refractivity contribution in [3.63, 3.8) is 0 Å². The maximum Gasteiger partial charge on any atom is 0.146 e. The molecule has 0 aliphatic heterocycles. The smallest absolute Gasteiger partial charge is 0.146 e. The molecule has 1 N–H and O–H groups in total. The van der Waals surface area contributed by atoms with Crippen molar-refractivity contribution in [2.24, 2.45) is 0 Å². The second-order valence-electron chi connectivity index (χ2n) is 6.29. The van der Waals surface area contributed by atoms with E-state index in [4.69, 9.17) is 9.47 Å². The van der Waals surface area contributed by atoms with E-state index in [1.54, 1.807) is 31.9 Å². The summed E-state index contributed by atoms with van der Waals surface area (Å²) in [5.74, 6) is 2.18. The molecule has 0 saturated heterocycles. The Morgan fingerprint density at radius 3 is 2.54 bits per heavy atom. The van der Waals surface area contributed by atoms with Crippen molar-refractivity contribution in [2.45, 2.75) is 13.3 Å². The van der Waals surface area contributed by atoms with E-state index in [1.165, 1.54) is 5.56 Å². The van der Waals surface area contributed by atoms with Crippen molar-refractivity contribution in [1.29, 1.82) is 0 Å². The molecule has 4 rings (SSSR count). The highest BCUT2D eigenvalue weighted by molar-refractivity contribution is 7.17. The van der Waals surface area contributed by atoms with E-state index in [2.05, 4.69) is 51.9 Å². The molecule has 0 unspecified atom stereocenters. The van der Waals surface area contributed by atoms with Crippen LogP contribution in [0.1, 0.15) is 12.5 Å². The Hall–Kier alpha value is -3.12. The van der Waals surface area contributed by atoms with E-state index in [0.29, 0.717) is 5.75 Å². The molecular weight excluding hydrogens is 370 g/mol. The first-order valence-corrected chi connectivity index (χ1v) is 9.92. The Bertz CT molecular complexity index is 1110. The number of hydrogen-bond acceptors (Lipinski definition) is 6. The summed E-state index contributed by atoms with van der Waals surface area (Å²) in [5.41, 5.74) is 4.42. The van der Waals surface area contributed by atoms with Gasteiger partial charge in [0, 0.05) is 17.0 Å². The molecule has 0 bridgehead atoms. The molecule has 2 aromatic carbocycles. The first kappa shape index (κ1) is 18.3. The Morgan fingerprint density at radius 1 is 1.00 bits per heavy atom. The standard InChI is InChI=1S/C22H21N3O2S/c1-4-14-5-7-15(8-6-14)17-12-28-22-20(17)21(23-13-24-22)25-18-10-9-16(26-2)11-19(18)27-3/h5-13H,4H2,1-3H3,(H,23,24,25). The van der Waals surface area contributed by atoms with Crippen LogP contribution in [0.25, 0.3) is 21.3 Å². The third kappa shape index (κ3) is 3.39. The molecule has 6 heteroatoms. The molecule has 0 radical (unpaired) electrons. The third-order valence-electron chi connectivity index (χ3n) is 4.71. The van der Waals surface area contributed by atoms with Gasteiger partial charge < -0.3 is 14.8 Å². The van der Waals surface area contributed by atoms with Crippen molar-refractivity contribution in [3.05, 3.63) is 59.7 Å². The van der Waals surface area contributed by atoms with Crippen LogP contribution in [-0.4, -0.2) is 24.2 Å². The second kappa shape index (κ2) is 7.86. The van der Waals surface area contributed by atoms with Gasteiger partial charge in [0.05, 0.1) is 25.3 Å². The molecule has 4 aromatic rings. The predicted molar refractivity (Wildman–Crippen MR) is 115 cm³/mol. The molecule has 5 nitrogen and oxygen atoms in total. The fourth-order valence-corrected chi connectivity index (χ4v) is 4.05. The Morgan fingerprint density at radius 2 is 1.82 bits per heavy atom. The van der Waals surface area contributed by atoms with Gasteiger partial charge in [-0.15, -0.1) is 11.3 Å². The number of thiophene rings is 1. The molecule has 0 fully saturated rings. The van der Waals surface area contributed by atoms with Gasteiger partial charge in [-0.1, -0.05) is 31.2 Å². The lowest BCUT2D eigenvalue weighted by Gasteiger charge is -2.13. The topological polar surface area (TPSA) is 56.3 Å². The van der Waals surface area contributed by atoms with E-state index < -0.39 is 0 Å². The summed E-state index contributed by atoms with van der Waals surface area (Å²) in [5, 5.41) is 6.56. The summed E-state index contributed by atoms with van der Waals surface area (Å²) in [6.07, 6.45) is 2.61. The summed E-state index contributed by atoms with van der Waals surface area (Å²) >= 11 is 1.62. The van der Waals surface area contributed by atoms with Gasteiger partial charge in [0.15, 0.2) is 0 Å². The van der Waals surface area contributed by atoms with Gasteiger partial charge >= 0.3 is 0 Å². The highest BCUT2D eigenvalue weighted by atomic mass is 32.1. The Balaban J connectivity index is 1.79. The lowest BCUT2D eigenvalue weighted by Crippen LogP contribution is -1.98. The number of nitrogens with one attached hydrogen (secondary N) is 1. The zero-order valence-corrected chi connectivity index (χ0v) is 16.8. The number of ether oxygens (including phenoxy) is 2. The van der Waals surface area contributed by atoms with Gasteiger partial charge in [0.2, 0.25) is 0 Å². The molecule has 2 aromatic heterocycles. The van der Waals surface area contributed by atoms with Crippen LogP contribution in [0.4, 0.5) is 11.5 Å². The maximum atomic E-state index is 5.51. The fourth-order valence-electron chi connectivity index (χ4n) is 3.13. The zero-order valence-electron chi connectivity index (χ0n) is 16.0. The van der Waals surface area contributed by atoms with Crippen molar-refractivity contribution in [3.8, 4) is 22.6 Å². The SMILES string of the molecule is CCc1ccc(-c2csc3ncnc(Nc4ccc(OC)cc4OC)c23)cc1. The molecule has 28 heavy (non-hydrogen) atoms. The molecular formula is C22H21N3O2S. The first-order valence-electron chi connectivity index (χ1n) is 9.04. The van der Waals surface area contributed by atoms with Crippen molar-refractivity contribution < 1.29 is 9.47 Å². The minimum atomic E-state index is 0.690. The fraction of sp³-hybridized carbons (Fsp3) is 0.182. The van der Waals surface area contributed by atoms with E-state index in [0.717, 1.165) is 45.0 Å². The number of fused-ring (bicyclic) bond motifs is 1. The normalized spacial score (nSPS) is 10.8. The van der Waals surface area contributed by atoms with Crippen molar-refractivity contribution in [2.75, 3.05) is 19.5 Å². The summed E-state index contributed by atoms with van der Waals surface area (Å²) in [6.45, 7) is 2.16. The van der Waals surface area contributed by atoms with Gasteiger partial charge in [-0.3, -0.25) is 0 Å². The van der Waals surface area contributed by atoms with Crippen LogP contribution in [-0.2, 0) is 6.42 Å². The van der Waals surface area contributed by atoms with E-state index >= 15 is 0 Å². The minimum Gasteiger partial charge on any atom is -0.497 e. The lowest BCUT2D eigenvalue weighted by atomic mass is 10.0. The third-order valence-corrected chi connectivity index (χ3v) is 5.59. The van der Waals surface area contributed by atoms with Crippen LogP contribution in [0.3, 0.4) is 0 Å². The number of nitrogens with zero attached hydrogens (tertiary/aromatic N) is 2. The monoisotopic (exact) mass is 391 g/mol. The van der Waals surface area contributed by atoms with Gasteiger partial charge in [0.1, 0.15) is 28.5 Å². The van der Waals surface area contributed by atoms with Gasteiger partial charge in [-0.2, -0.15) is 0 Å². The summed E-state index contributed by atoms with van der Waals surface area (Å²) < 4.78 is 10.8. The number of hydrogen-bond donors (Lipinski definition) is 1. The van der Waals surface area contributed by atoms with E-state index in [-0.39, 0.29) is 0 Å². The first-order chi connectivity index (χ1) is 13.7. The summed E-state index contributed by atoms with van der Waals surface area (Å²) in [7, 11) is 3.28. The molecule has 2 heterocycles. The van der Waals surface area contributed by atoms with Gasteiger partial charge in [-0.25, -0.2) is 9.97 Å². The summed E-state index contributed by atoms with van der Waals surface area (Å²) in [4.78, 5) is 9.90. The quantitative estimate of drug-likeness (QED) is 0.458. The molecule has 142 valence electrons. The molecule has 0 aliphatic carbocycles. The van der Waals surface area contributed by atoms with Gasteiger partial charge in [-0.05, 0) is 29.7 Å². The number of benzene rings is 2. The van der Waals surface area contributed by atoms with Crippen LogP contribution in [0.5, 0.6) is 11.5 Å². The second-order valence-corrected chi connectivity index (χ2v) is 7.15. The number of aromatic nitrogens is 2. The van der Waals surface area contributed by atoms with Crippen molar-refractivity contribution >= 4 is 33.1 Å². The van der Waals surface area contributed by atoms with Crippen LogP contribution in [0, 0.1) is 0 Å². The number of rotatable bonds is 6. The van der Waals surface area contributed by atoms with Crippen LogP contribution < -0.4 is 14.8 Å². The van der Waals surface area contributed by atoms with Crippen molar-refractivity contribution in [1.82, 2.24) is 9.97 Å².